The van der Waals surface area contributed by atoms with Gasteiger partial charge < -0.3 is 4.74 Å². The van der Waals surface area contributed by atoms with Crippen LogP contribution in [-0.4, -0.2) is 38.5 Å². The minimum Gasteiger partial charge on any atom is -0.377 e. The van der Waals surface area contributed by atoms with Gasteiger partial charge >= 0.3 is 0 Å². The molecule has 1 aliphatic rings. The Bertz CT molecular complexity index is 499. The molecule has 17 heavy (non-hydrogen) atoms. The third-order valence-corrected chi connectivity index (χ3v) is 6.96. The Labute approximate surface area is 114 Å². The average Bonchev–Trinajstić information content (AvgIpc) is 2.86. The van der Waals surface area contributed by atoms with Crippen molar-refractivity contribution in [1.82, 2.24) is 4.31 Å². The van der Waals surface area contributed by atoms with E-state index in [1.807, 2.05) is 6.92 Å². The van der Waals surface area contributed by atoms with Crippen LogP contribution in [0.1, 0.15) is 13.3 Å². The predicted molar refractivity (Wildman–Crippen MR) is 70.8 cm³/mol. The molecule has 96 valence electrons. The van der Waals surface area contributed by atoms with Crippen molar-refractivity contribution >= 4 is 37.3 Å². The van der Waals surface area contributed by atoms with Gasteiger partial charge in [-0.3, -0.25) is 0 Å². The Morgan fingerprint density at radius 3 is 2.71 bits per heavy atom. The van der Waals surface area contributed by atoms with Crippen LogP contribution in [0.5, 0.6) is 0 Å². The normalized spacial score (nSPS) is 25.6. The first kappa shape index (κ1) is 13.5. The third kappa shape index (κ3) is 2.58. The quantitative estimate of drug-likeness (QED) is 0.848. The molecule has 2 rings (SSSR count). The lowest BCUT2D eigenvalue weighted by molar-refractivity contribution is 0.102. The van der Waals surface area contributed by atoms with Crippen LogP contribution < -0.4 is 0 Å². The van der Waals surface area contributed by atoms with Crippen molar-refractivity contribution in [2.45, 2.75) is 29.7 Å². The smallest absolute Gasteiger partial charge is 0.252 e. The lowest BCUT2D eigenvalue weighted by Gasteiger charge is -2.25. The number of rotatable bonds is 3. The van der Waals surface area contributed by atoms with Crippen LogP contribution >= 0.6 is 27.3 Å². The largest absolute Gasteiger partial charge is 0.377 e. The fraction of sp³-hybridized carbons (Fsp3) is 0.600. The summed E-state index contributed by atoms with van der Waals surface area (Å²) in [6.45, 7) is 2.54. The van der Waals surface area contributed by atoms with Crippen LogP contribution in [0.2, 0.25) is 0 Å². The summed E-state index contributed by atoms with van der Waals surface area (Å²) in [6, 6.07) is 3.31. The molecule has 0 aromatic carbocycles. The van der Waals surface area contributed by atoms with E-state index in [2.05, 4.69) is 15.9 Å². The molecule has 0 radical (unpaired) electrons. The summed E-state index contributed by atoms with van der Waals surface area (Å²) in [4.78, 5) is 0. The molecular weight excluding hydrogens is 326 g/mol. The number of nitrogens with zero attached hydrogens (tertiary/aromatic N) is 1. The Morgan fingerprint density at radius 2 is 2.24 bits per heavy atom. The first-order valence-corrected chi connectivity index (χ1v) is 8.33. The van der Waals surface area contributed by atoms with Gasteiger partial charge in [0.25, 0.3) is 10.0 Å². The van der Waals surface area contributed by atoms with Gasteiger partial charge in [-0.25, -0.2) is 8.42 Å². The molecule has 1 aromatic heterocycles. The van der Waals surface area contributed by atoms with E-state index >= 15 is 0 Å². The molecule has 0 amide bonds. The molecule has 1 aliphatic heterocycles. The molecule has 1 saturated heterocycles. The summed E-state index contributed by atoms with van der Waals surface area (Å²) in [7, 11) is -1.77. The van der Waals surface area contributed by atoms with Crippen molar-refractivity contribution in [2.24, 2.45) is 0 Å². The lowest BCUT2D eigenvalue weighted by Crippen LogP contribution is -2.40. The molecule has 0 spiro atoms. The number of hydrogen-bond donors (Lipinski definition) is 0. The molecule has 0 saturated carbocycles. The SMILES string of the molecule is CC1OCCC1N(C)S(=O)(=O)c1ccc(Br)s1. The van der Waals surface area contributed by atoms with Gasteiger partial charge in [0.15, 0.2) is 0 Å². The summed E-state index contributed by atoms with van der Waals surface area (Å²) in [5, 5.41) is 0. The Morgan fingerprint density at radius 1 is 1.53 bits per heavy atom. The minimum absolute atomic E-state index is 0.0434. The van der Waals surface area contributed by atoms with Gasteiger partial charge in [-0.1, -0.05) is 0 Å². The molecule has 2 unspecified atom stereocenters. The first-order chi connectivity index (χ1) is 7.93. The number of hydrogen-bond acceptors (Lipinski definition) is 4. The van der Waals surface area contributed by atoms with Gasteiger partial charge in [0, 0.05) is 13.7 Å². The zero-order chi connectivity index (χ0) is 12.6. The molecule has 0 N–H and O–H groups in total. The van der Waals surface area contributed by atoms with Gasteiger partial charge in [0.05, 0.1) is 15.9 Å². The maximum absolute atomic E-state index is 12.3. The molecule has 2 atom stereocenters. The Kier molecular flexibility index (Phi) is 3.94. The highest BCUT2D eigenvalue weighted by molar-refractivity contribution is 9.11. The van der Waals surface area contributed by atoms with Crippen molar-refractivity contribution in [2.75, 3.05) is 13.7 Å². The van der Waals surface area contributed by atoms with Gasteiger partial charge in [-0.05, 0) is 41.4 Å². The van der Waals surface area contributed by atoms with E-state index in [1.54, 1.807) is 19.2 Å². The van der Waals surface area contributed by atoms with Gasteiger partial charge in [-0.15, -0.1) is 11.3 Å². The number of sulfonamides is 1. The highest BCUT2D eigenvalue weighted by atomic mass is 79.9. The average molecular weight is 340 g/mol. The topological polar surface area (TPSA) is 46.6 Å². The standard InChI is InChI=1S/C10H14BrNO3S2/c1-7-8(5-6-15-7)12(2)17(13,14)10-4-3-9(11)16-10/h3-4,7-8H,5-6H2,1-2H3. The predicted octanol–water partition coefficient (Wildman–Crippen LogP) is 2.31. The Hall–Kier alpha value is 0.0500. The molecule has 1 fully saturated rings. The summed E-state index contributed by atoms with van der Waals surface area (Å²) in [6.07, 6.45) is 0.710. The van der Waals surface area contributed by atoms with Crippen molar-refractivity contribution in [1.29, 1.82) is 0 Å². The summed E-state index contributed by atoms with van der Waals surface area (Å²) in [5.41, 5.74) is 0. The van der Waals surface area contributed by atoms with Crippen LogP contribution in [-0.2, 0) is 14.8 Å². The van der Waals surface area contributed by atoms with Crippen molar-refractivity contribution in [3.8, 4) is 0 Å². The van der Waals surface area contributed by atoms with Crippen LogP contribution in [0.15, 0.2) is 20.1 Å². The Balaban J connectivity index is 2.26. The van der Waals surface area contributed by atoms with Gasteiger partial charge in [0.1, 0.15) is 4.21 Å². The van der Waals surface area contributed by atoms with Crippen molar-refractivity contribution in [3.05, 3.63) is 15.9 Å². The van der Waals surface area contributed by atoms with E-state index in [-0.39, 0.29) is 12.1 Å². The number of halogens is 1. The minimum atomic E-state index is -3.39. The second-order valence-electron chi connectivity index (χ2n) is 4.01. The van der Waals surface area contributed by atoms with Gasteiger partial charge in [-0.2, -0.15) is 4.31 Å². The monoisotopic (exact) mass is 339 g/mol. The second-order valence-corrected chi connectivity index (χ2v) is 8.70. The highest BCUT2D eigenvalue weighted by Crippen LogP contribution is 2.30. The summed E-state index contributed by atoms with van der Waals surface area (Å²) < 4.78 is 32.7. The van der Waals surface area contributed by atoms with Crippen LogP contribution in [0.25, 0.3) is 0 Å². The maximum atomic E-state index is 12.3. The molecule has 7 heteroatoms. The van der Waals surface area contributed by atoms with Gasteiger partial charge in [0.2, 0.25) is 0 Å². The molecule has 1 aromatic rings. The number of thiophene rings is 1. The zero-order valence-corrected chi connectivity index (χ0v) is 12.8. The third-order valence-electron chi connectivity index (χ3n) is 2.99. The number of likely N-dealkylation sites (N-methyl/N-ethyl adjacent to an activating group) is 1. The fourth-order valence-electron chi connectivity index (χ4n) is 1.95. The first-order valence-electron chi connectivity index (χ1n) is 5.28. The molecule has 0 bridgehead atoms. The fourth-order valence-corrected chi connectivity index (χ4v) is 5.60. The maximum Gasteiger partial charge on any atom is 0.252 e. The zero-order valence-electron chi connectivity index (χ0n) is 9.59. The molecule has 4 nitrogen and oxygen atoms in total. The van der Waals surface area contributed by atoms with Crippen LogP contribution in [0, 0.1) is 0 Å². The van der Waals surface area contributed by atoms with Crippen LogP contribution in [0.3, 0.4) is 0 Å². The van der Waals surface area contributed by atoms with Crippen LogP contribution in [0.4, 0.5) is 0 Å². The van der Waals surface area contributed by atoms with E-state index in [0.717, 1.165) is 10.2 Å². The van der Waals surface area contributed by atoms with E-state index < -0.39 is 10.0 Å². The molecule has 0 aliphatic carbocycles. The molecule has 2 heterocycles. The second kappa shape index (κ2) is 4.97. The van der Waals surface area contributed by atoms with E-state index in [4.69, 9.17) is 4.74 Å². The van der Waals surface area contributed by atoms with E-state index in [9.17, 15) is 8.42 Å². The van der Waals surface area contributed by atoms with Crippen molar-refractivity contribution < 1.29 is 13.2 Å². The number of ether oxygens (including phenoxy) is 1. The lowest BCUT2D eigenvalue weighted by atomic mass is 10.2. The highest BCUT2D eigenvalue weighted by Gasteiger charge is 2.35. The van der Waals surface area contributed by atoms with E-state index in [0.29, 0.717) is 10.8 Å². The summed E-state index contributed by atoms with van der Waals surface area (Å²) in [5.74, 6) is 0. The molecular formula is C10H14BrNO3S2. The van der Waals surface area contributed by atoms with E-state index in [1.165, 1.54) is 15.6 Å². The van der Waals surface area contributed by atoms with Crippen molar-refractivity contribution in [3.63, 3.8) is 0 Å². The summed E-state index contributed by atoms with van der Waals surface area (Å²) >= 11 is 4.51.